The molecule has 0 atom stereocenters. The Morgan fingerprint density at radius 1 is 1.24 bits per heavy atom. The zero-order valence-electron chi connectivity index (χ0n) is 8.64. The van der Waals surface area contributed by atoms with Gasteiger partial charge in [0.2, 0.25) is 0 Å². The number of hydrogen-bond donors (Lipinski definition) is 0. The van der Waals surface area contributed by atoms with Crippen LogP contribution in [0.25, 0.3) is 11.4 Å². The van der Waals surface area contributed by atoms with Gasteiger partial charge < -0.3 is 0 Å². The molecule has 0 saturated heterocycles. The molecule has 0 amide bonds. The maximum Gasteiger partial charge on any atom is 0.181 e. The van der Waals surface area contributed by atoms with Gasteiger partial charge in [-0.2, -0.15) is 0 Å². The molecular weight excluding hydrogens is 330 g/mol. The summed E-state index contributed by atoms with van der Waals surface area (Å²) in [6.07, 6.45) is 0. The zero-order chi connectivity index (χ0) is 12.6. The average molecular weight is 336 g/mol. The van der Waals surface area contributed by atoms with Gasteiger partial charge in [-0.1, -0.05) is 39.1 Å². The minimum absolute atomic E-state index is 0.191. The molecule has 1 aromatic heterocycles. The lowest BCUT2D eigenvalue weighted by molar-refractivity contribution is 0.603. The molecule has 2 nitrogen and oxygen atoms in total. The Hall–Kier alpha value is -0.710. The Bertz CT molecular complexity index is 567. The van der Waals surface area contributed by atoms with E-state index in [1.807, 2.05) is 0 Å². The van der Waals surface area contributed by atoms with Crippen LogP contribution in [0.15, 0.2) is 22.7 Å². The third-order valence-electron chi connectivity index (χ3n) is 2.15. The molecule has 0 aliphatic carbocycles. The van der Waals surface area contributed by atoms with Crippen LogP contribution in [-0.2, 0) is 0 Å². The minimum atomic E-state index is -0.610. The summed E-state index contributed by atoms with van der Waals surface area (Å²) < 4.78 is 14.1. The van der Waals surface area contributed by atoms with Crippen LogP contribution in [0, 0.1) is 12.7 Å². The Morgan fingerprint density at radius 3 is 2.59 bits per heavy atom. The van der Waals surface area contributed by atoms with Crippen LogP contribution >= 0.6 is 39.1 Å². The van der Waals surface area contributed by atoms with Crippen LogP contribution in [0.5, 0.6) is 0 Å². The van der Waals surface area contributed by atoms with Crippen molar-refractivity contribution in [1.82, 2.24) is 9.97 Å². The molecule has 2 rings (SSSR count). The van der Waals surface area contributed by atoms with Gasteiger partial charge in [0.05, 0.1) is 10.7 Å². The van der Waals surface area contributed by atoms with Gasteiger partial charge in [-0.05, 0) is 25.1 Å². The van der Waals surface area contributed by atoms with Crippen molar-refractivity contribution in [2.75, 3.05) is 0 Å². The van der Waals surface area contributed by atoms with Crippen LogP contribution in [-0.4, -0.2) is 9.97 Å². The second kappa shape index (κ2) is 4.88. The summed E-state index contributed by atoms with van der Waals surface area (Å²) in [5, 5.41) is 0.277. The van der Waals surface area contributed by atoms with Crippen molar-refractivity contribution in [3.8, 4) is 11.4 Å². The van der Waals surface area contributed by atoms with E-state index in [-0.39, 0.29) is 10.8 Å². The number of aryl methyl sites for hydroxylation is 1. The number of rotatable bonds is 1. The lowest BCUT2D eigenvalue weighted by Gasteiger charge is -2.06. The highest BCUT2D eigenvalue weighted by Gasteiger charge is 2.13. The molecule has 0 spiro atoms. The molecule has 2 aromatic rings. The summed E-state index contributed by atoms with van der Waals surface area (Å²) in [6, 6.07) is 5.26. The van der Waals surface area contributed by atoms with E-state index in [4.69, 9.17) is 23.2 Å². The molecule has 1 heterocycles. The van der Waals surface area contributed by atoms with Gasteiger partial charge in [-0.3, -0.25) is 0 Å². The van der Waals surface area contributed by atoms with Gasteiger partial charge >= 0.3 is 0 Å². The van der Waals surface area contributed by atoms with Crippen molar-refractivity contribution in [1.29, 1.82) is 0 Å². The Kier molecular flexibility index (Phi) is 3.66. The lowest BCUT2D eigenvalue weighted by atomic mass is 10.2. The Labute approximate surface area is 116 Å². The normalized spacial score (nSPS) is 10.6. The van der Waals surface area contributed by atoms with Gasteiger partial charge in [0.1, 0.15) is 0 Å². The van der Waals surface area contributed by atoms with E-state index >= 15 is 0 Å². The first-order valence-electron chi connectivity index (χ1n) is 4.64. The van der Waals surface area contributed by atoms with Gasteiger partial charge in [0.15, 0.2) is 16.8 Å². The first kappa shape index (κ1) is 12.7. The summed E-state index contributed by atoms with van der Waals surface area (Å²) in [4.78, 5) is 7.91. The second-order valence-electron chi connectivity index (χ2n) is 3.36. The monoisotopic (exact) mass is 334 g/mol. The van der Waals surface area contributed by atoms with Crippen LogP contribution in [0.1, 0.15) is 5.69 Å². The molecule has 88 valence electrons. The van der Waals surface area contributed by atoms with Crippen LogP contribution in [0.2, 0.25) is 10.2 Å². The van der Waals surface area contributed by atoms with Crippen molar-refractivity contribution >= 4 is 39.1 Å². The van der Waals surface area contributed by atoms with Gasteiger partial charge in [-0.15, -0.1) is 0 Å². The quantitative estimate of drug-likeness (QED) is 0.708. The van der Waals surface area contributed by atoms with E-state index in [9.17, 15) is 4.39 Å². The molecule has 0 aliphatic heterocycles. The van der Waals surface area contributed by atoms with E-state index in [0.717, 1.165) is 4.47 Å². The highest BCUT2D eigenvalue weighted by atomic mass is 79.9. The molecular formula is C11H6BrCl2FN2. The second-order valence-corrected chi connectivity index (χ2v) is 5.04. The minimum Gasteiger partial charge on any atom is -0.230 e. The van der Waals surface area contributed by atoms with E-state index < -0.39 is 5.82 Å². The summed E-state index contributed by atoms with van der Waals surface area (Å²) in [5.41, 5.74) is 0.794. The van der Waals surface area contributed by atoms with Gasteiger partial charge in [0.25, 0.3) is 0 Å². The fourth-order valence-electron chi connectivity index (χ4n) is 1.31. The van der Waals surface area contributed by atoms with Crippen molar-refractivity contribution < 1.29 is 4.39 Å². The third-order valence-corrected chi connectivity index (χ3v) is 3.22. The first-order chi connectivity index (χ1) is 7.99. The molecule has 6 heteroatoms. The number of benzene rings is 1. The summed E-state index contributed by atoms with van der Waals surface area (Å²) in [7, 11) is 0. The van der Waals surface area contributed by atoms with Gasteiger partial charge in [0, 0.05) is 10.0 Å². The molecule has 1 aromatic carbocycles. The SMILES string of the molecule is Cc1nc(-c2cc(Br)ccc2Cl)nc(Cl)c1F. The number of aromatic nitrogens is 2. The first-order valence-corrected chi connectivity index (χ1v) is 6.19. The smallest absolute Gasteiger partial charge is 0.181 e. The summed E-state index contributed by atoms with van der Waals surface area (Å²) >= 11 is 15.0. The fraction of sp³-hybridized carbons (Fsp3) is 0.0909. The Morgan fingerprint density at radius 2 is 1.94 bits per heavy atom. The zero-order valence-corrected chi connectivity index (χ0v) is 11.7. The molecule has 0 N–H and O–H groups in total. The van der Waals surface area contributed by atoms with Crippen molar-refractivity contribution in [3.05, 3.63) is 44.4 Å². The maximum absolute atomic E-state index is 13.3. The summed E-state index contributed by atoms with van der Waals surface area (Å²) in [6.45, 7) is 1.53. The highest BCUT2D eigenvalue weighted by molar-refractivity contribution is 9.10. The van der Waals surface area contributed by atoms with Crippen molar-refractivity contribution in [2.45, 2.75) is 6.92 Å². The van der Waals surface area contributed by atoms with Crippen molar-refractivity contribution in [2.24, 2.45) is 0 Å². The largest absolute Gasteiger partial charge is 0.230 e. The van der Waals surface area contributed by atoms with Crippen LogP contribution < -0.4 is 0 Å². The standard InChI is InChI=1S/C11H6BrCl2FN2/c1-5-9(15)10(14)17-11(16-5)7-4-6(12)2-3-8(7)13/h2-4H,1H3. The molecule has 0 fully saturated rings. The predicted octanol–water partition coefficient (Wildman–Crippen LogP) is 4.66. The van der Waals surface area contributed by atoms with Crippen LogP contribution in [0.4, 0.5) is 4.39 Å². The molecule has 0 bridgehead atoms. The highest BCUT2D eigenvalue weighted by Crippen LogP contribution is 2.29. The van der Waals surface area contributed by atoms with E-state index in [2.05, 4.69) is 25.9 Å². The predicted molar refractivity (Wildman–Crippen MR) is 69.9 cm³/mol. The van der Waals surface area contributed by atoms with Crippen LogP contribution in [0.3, 0.4) is 0 Å². The maximum atomic E-state index is 13.3. The van der Waals surface area contributed by atoms with E-state index in [1.54, 1.807) is 18.2 Å². The molecule has 0 unspecified atom stereocenters. The van der Waals surface area contributed by atoms with E-state index in [1.165, 1.54) is 6.92 Å². The summed E-state index contributed by atoms with van der Waals surface area (Å²) in [5.74, 6) is -0.304. The number of halogens is 4. The van der Waals surface area contributed by atoms with Gasteiger partial charge in [-0.25, -0.2) is 14.4 Å². The molecule has 0 radical (unpaired) electrons. The molecule has 0 saturated carbocycles. The number of hydrogen-bond acceptors (Lipinski definition) is 2. The lowest BCUT2D eigenvalue weighted by Crippen LogP contribution is -1.97. The molecule has 17 heavy (non-hydrogen) atoms. The topological polar surface area (TPSA) is 25.8 Å². The Balaban J connectivity index is 2.64. The third kappa shape index (κ3) is 2.59. The van der Waals surface area contributed by atoms with Crippen molar-refractivity contribution in [3.63, 3.8) is 0 Å². The molecule has 0 aliphatic rings. The van der Waals surface area contributed by atoms with E-state index in [0.29, 0.717) is 16.4 Å². The fourth-order valence-corrected chi connectivity index (χ4v) is 2.09. The average Bonchev–Trinajstić information content (AvgIpc) is 2.28. The number of nitrogens with zero attached hydrogens (tertiary/aromatic N) is 2.